The van der Waals surface area contributed by atoms with Crippen LogP contribution in [0.25, 0.3) is 0 Å². The van der Waals surface area contributed by atoms with Gasteiger partial charge in [-0.05, 0) is 26.8 Å². The van der Waals surface area contributed by atoms with E-state index in [-0.39, 0.29) is 0 Å². The number of carbonyl (C=O) groups is 2. The number of rotatable bonds is 7. The van der Waals surface area contributed by atoms with Crippen molar-refractivity contribution in [3.8, 4) is 6.07 Å². The predicted octanol–water partition coefficient (Wildman–Crippen LogP) is 5.14. The number of nitrogens with one attached hydrogen (secondary N) is 1. The van der Waals surface area contributed by atoms with E-state index in [1.165, 1.54) is 32.9 Å². The average Bonchev–Trinajstić information content (AvgIpc) is 2.63. The van der Waals surface area contributed by atoms with Crippen molar-refractivity contribution in [1.29, 1.82) is 5.26 Å². The molecule has 1 N–H and O–H groups in total. The highest BCUT2D eigenvalue weighted by atomic mass is 35.6. The third kappa shape index (κ3) is 8.45. The highest BCUT2D eigenvalue weighted by molar-refractivity contribution is 6.67. The Balaban J connectivity index is 3.45. The topological polar surface area (TPSA) is 91.7 Å². The Morgan fingerprint density at radius 3 is 2.28 bits per heavy atom. The number of benzene rings is 1. The van der Waals surface area contributed by atoms with Gasteiger partial charge in [0.25, 0.3) is 6.43 Å². The molecule has 178 valence electrons. The Hall–Kier alpha value is -2.09. The first-order valence-electron chi connectivity index (χ1n) is 9.01. The van der Waals surface area contributed by atoms with Crippen LogP contribution in [0.4, 0.5) is 22.8 Å². The van der Waals surface area contributed by atoms with Gasteiger partial charge in [-0.3, -0.25) is 4.90 Å². The van der Waals surface area contributed by atoms with Gasteiger partial charge in [-0.25, -0.2) is 22.8 Å². The molecule has 0 spiro atoms. The molecule has 1 aromatic carbocycles. The Morgan fingerprint density at radius 2 is 1.81 bits per heavy atom. The Labute approximate surface area is 198 Å². The first-order valence-corrected chi connectivity index (χ1v) is 10.1. The lowest BCUT2D eigenvalue weighted by atomic mass is 9.89. The van der Waals surface area contributed by atoms with E-state index in [4.69, 9.17) is 49.5 Å². The Bertz CT molecular complexity index is 857. The maximum Gasteiger partial charge on any atom is 0.410 e. The number of ether oxygens (including phenoxy) is 2. The van der Waals surface area contributed by atoms with E-state index < -0.39 is 64.6 Å². The summed E-state index contributed by atoms with van der Waals surface area (Å²) in [6, 6.07) is 6.04. The lowest BCUT2D eigenvalue weighted by Crippen LogP contribution is -2.59. The van der Waals surface area contributed by atoms with Gasteiger partial charge in [-0.15, -0.1) is 0 Å². The van der Waals surface area contributed by atoms with Gasteiger partial charge in [0, 0.05) is 5.56 Å². The van der Waals surface area contributed by atoms with Gasteiger partial charge in [0.2, 0.25) is 3.79 Å². The molecule has 0 fully saturated rings. The fourth-order valence-electron chi connectivity index (χ4n) is 2.55. The van der Waals surface area contributed by atoms with Gasteiger partial charge >= 0.3 is 12.2 Å². The van der Waals surface area contributed by atoms with Gasteiger partial charge in [-0.1, -0.05) is 53.0 Å². The second kappa shape index (κ2) is 11.2. The van der Waals surface area contributed by atoms with Crippen LogP contribution in [-0.4, -0.2) is 52.6 Å². The fraction of sp³-hybridized carbons (Fsp3) is 0.526. The van der Waals surface area contributed by atoms with Crippen molar-refractivity contribution in [1.82, 2.24) is 10.2 Å². The molecule has 0 saturated carbocycles. The van der Waals surface area contributed by atoms with E-state index in [0.29, 0.717) is 4.90 Å². The molecule has 0 aromatic heterocycles. The second-order valence-corrected chi connectivity index (χ2v) is 10.1. The molecule has 32 heavy (non-hydrogen) atoms. The number of carbonyl (C=O) groups excluding carboxylic acids is 2. The largest absolute Gasteiger partial charge is 0.445 e. The van der Waals surface area contributed by atoms with Crippen LogP contribution in [0.1, 0.15) is 26.3 Å². The van der Waals surface area contributed by atoms with Crippen LogP contribution < -0.4 is 5.32 Å². The van der Waals surface area contributed by atoms with E-state index in [1.54, 1.807) is 6.07 Å². The Kier molecular flexibility index (Phi) is 9.75. The molecule has 0 aliphatic carbocycles. The molecule has 0 radical (unpaired) electrons. The number of nitrogens with zero attached hydrogens (tertiary/aromatic N) is 2. The minimum Gasteiger partial charge on any atom is -0.445 e. The predicted molar refractivity (Wildman–Crippen MR) is 112 cm³/mol. The van der Waals surface area contributed by atoms with Crippen molar-refractivity contribution in [3.05, 3.63) is 35.6 Å². The summed E-state index contributed by atoms with van der Waals surface area (Å²) >= 11 is 16.5. The second-order valence-electron chi connectivity index (χ2n) is 7.56. The number of halogens is 6. The third-order valence-corrected chi connectivity index (χ3v) is 4.10. The summed E-state index contributed by atoms with van der Waals surface area (Å²) in [5.74, 6) is -1.09. The molecule has 1 unspecified atom stereocenters. The zero-order valence-corrected chi connectivity index (χ0v) is 19.6. The molecule has 0 aliphatic rings. The third-order valence-electron chi connectivity index (χ3n) is 3.77. The van der Waals surface area contributed by atoms with Gasteiger partial charge in [0.1, 0.15) is 30.1 Å². The summed E-state index contributed by atoms with van der Waals surface area (Å²) in [6.45, 7) is 1.93. The minimum absolute atomic E-state index is 0.520. The number of alkyl carbamates (subject to hydrolysis) is 1. The van der Waals surface area contributed by atoms with E-state index >= 15 is 0 Å². The summed E-state index contributed by atoms with van der Waals surface area (Å²) in [5.41, 5.74) is -4.51. The van der Waals surface area contributed by atoms with Crippen LogP contribution in [0, 0.1) is 17.1 Å². The average molecular weight is 519 g/mol. The highest BCUT2D eigenvalue weighted by Crippen LogP contribution is 2.33. The van der Waals surface area contributed by atoms with Gasteiger partial charge in [0.05, 0.1) is 12.6 Å². The first kappa shape index (κ1) is 27.9. The summed E-state index contributed by atoms with van der Waals surface area (Å²) in [7, 11) is 0. The fourth-order valence-corrected chi connectivity index (χ4v) is 2.71. The van der Waals surface area contributed by atoms with E-state index in [1.807, 2.05) is 5.32 Å². The lowest BCUT2D eigenvalue weighted by molar-refractivity contribution is -0.0112. The van der Waals surface area contributed by atoms with Crippen molar-refractivity contribution in [2.75, 3.05) is 19.7 Å². The number of alkyl halides is 5. The molecule has 7 nitrogen and oxygen atoms in total. The normalized spacial score (nSPS) is 13.7. The van der Waals surface area contributed by atoms with Crippen LogP contribution >= 0.6 is 34.8 Å². The number of nitriles is 1. The van der Waals surface area contributed by atoms with Crippen LogP contribution in [0.15, 0.2) is 24.3 Å². The highest BCUT2D eigenvalue weighted by Gasteiger charge is 2.48. The van der Waals surface area contributed by atoms with Crippen LogP contribution in [-0.2, 0) is 15.0 Å². The molecule has 2 amide bonds. The Morgan fingerprint density at radius 1 is 1.22 bits per heavy atom. The maximum absolute atomic E-state index is 14.6. The minimum atomic E-state index is -3.45. The summed E-state index contributed by atoms with van der Waals surface area (Å²) in [6.07, 6.45) is -6.05. The zero-order valence-electron chi connectivity index (χ0n) is 17.3. The summed E-state index contributed by atoms with van der Waals surface area (Å²) < 4.78 is 51.4. The lowest BCUT2D eigenvalue weighted by Gasteiger charge is -2.38. The standard InChI is InChI=1S/C19H21Cl3F3N3O4/c1-17(2,3)32-15(29)27-18(14(24)25,12-6-4-5-7-13(12)23)10-28(9-8-26)16(30)31-11-19(20,21)22/h4-7,14H,9-11H2,1-3H3,(H,27,29). The van der Waals surface area contributed by atoms with Crippen LogP contribution in [0.2, 0.25) is 0 Å². The van der Waals surface area contributed by atoms with Crippen molar-refractivity contribution >= 4 is 47.0 Å². The van der Waals surface area contributed by atoms with Crippen molar-refractivity contribution in [2.24, 2.45) is 0 Å². The molecule has 1 atom stereocenters. The molecule has 0 aliphatic heterocycles. The molecule has 1 rings (SSSR count). The molecule has 0 saturated heterocycles. The molecule has 0 heterocycles. The van der Waals surface area contributed by atoms with E-state index in [9.17, 15) is 22.8 Å². The van der Waals surface area contributed by atoms with Crippen LogP contribution in [0.5, 0.6) is 0 Å². The van der Waals surface area contributed by atoms with E-state index in [0.717, 1.165) is 12.1 Å². The quantitative estimate of drug-likeness (QED) is 0.398. The van der Waals surface area contributed by atoms with Gasteiger partial charge in [0.15, 0.2) is 0 Å². The first-order chi connectivity index (χ1) is 14.6. The number of hydrogen-bond donors (Lipinski definition) is 1. The molecular weight excluding hydrogens is 498 g/mol. The molecule has 1 aromatic rings. The van der Waals surface area contributed by atoms with Crippen LogP contribution in [0.3, 0.4) is 0 Å². The maximum atomic E-state index is 14.6. The zero-order chi connectivity index (χ0) is 24.7. The van der Waals surface area contributed by atoms with E-state index in [2.05, 4.69) is 0 Å². The number of hydrogen-bond acceptors (Lipinski definition) is 5. The van der Waals surface area contributed by atoms with Gasteiger partial charge in [-0.2, -0.15) is 5.26 Å². The van der Waals surface area contributed by atoms with Crippen molar-refractivity contribution in [2.45, 2.75) is 42.1 Å². The smallest absolute Gasteiger partial charge is 0.410 e. The molecule has 13 heteroatoms. The summed E-state index contributed by atoms with van der Waals surface area (Å²) in [4.78, 5) is 25.3. The molecular formula is C19H21Cl3F3N3O4. The summed E-state index contributed by atoms with van der Waals surface area (Å²) in [5, 5.41) is 11.0. The van der Waals surface area contributed by atoms with Gasteiger partial charge < -0.3 is 14.8 Å². The SMILES string of the molecule is CC(C)(C)OC(=O)NC(CN(CC#N)C(=O)OCC(Cl)(Cl)Cl)(c1ccccc1F)C(F)F. The van der Waals surface area contributed by atoms with Crippen molar-refractivity contribution < 1.29 is 32.2 Å². The monoisotopic (exact) mass is 517 g/mol. The molecule has 0 bridgehead atoms. The number of amides is 2. The van der Waals surface area contributed by atoms with Crippen molar-refractivity contribution in [3.63, 3.8) is 0 Å².